The van der Waals surface area contributed by atoms with Gasteiger partial charge in [-0.1, -0.05) is 0 Å². The molecule has 26 heavy (non-hydrogen) atoms. The molecule has 0 heterocycles. The Hall–Kier alpha value is -3.20. The fourth-order valence-electron chi connectivity index (χ4n) is 1.86. The standard InChI is InChI=1S/C17H17F2N3O4/c18-10-1-5-12(6-2-10)25-9-14(22-17(24)15(20)16(21)23)26-13-7-3-11(19)4-8-13/h1-8,14-15H,9,20H2,(H2,21,23)(H,22,24). The molecule has 2 aromatic rings. The van der Waals surface area contributed by atoms with E-state index in [1.54, 1.807) is 0 Å². The topological polar surface area (TPSA) is 117 Å². The first kappa shape index (κ1) is 19.1. The van der Waals surface area contributed by atoms with Crippen LogP contribution in [-0.4, -0.2) is 30.7 Å². The lowest BCUT2D eigenvalue weighted by Crippen LogP contribution is -2.54. The Bertz CT molecular complexity index is 754. The summed E-state index contributed by atoms with van der Waals surface area (Å²) in [7, 11) is 0. The maximum absolute atomic E-state index is 13.0. The fourth-order valence-corrected chi connectivity index (χ4v) is 1.86. The van der Waals surface area contributed by atoms with Gasteiger partial charge < -0.3 is 26.3 Å². The van der Waals surface area contributed by atoms with Crippen molar-refractivity contribution in [3.05, 3.63) is 60.2 Å². The second kappa shape index (κ2) is 8.77. The molecule has 0 aliphatic heterocycles. The zero-order valence-corrected chi connectivity index (χ0v) is 13.5. The number of rotatable bonds is 8. The molecule has 2 atom stereocenters. The van der Waals surface area contributed by atoms with Crippen molar-refractivity contribution in [3.63, 3.8) is 0 Å². The number of carbonyl (C=O) groups is 2. The lowest BCUT2D eigenvalue weighted by molar-refractivity contribution is -0.131. The Morgan fingerprint density at radius 3 is 1.96 bits per heavy atom. The van der Waals surface area contributed by atoms with Gasteiger partial charge in [-0.15, -0.1) is 0 Å². The summed E-state index contributed by atoms with van der Waals surface area (Å²) in [5.41, 5.74) is 10.4. The van der Waals surface area contributed by atoms with E-state index in [2.05, 4.69) is 5.32 Å². The van der Waals surface area contributed by atoms with Crippen LogP contribution in [0.3, 0.4) is 0 Å². The molecular formula is C17H17F2N3O4. The zero-order chi connectivity index (χ0) is 19.1. The van der Waals surface area contributed by atoms with Crippen LogP contribution in [0.5, 0.6) is 11.5 Å². The van der Waals surface area contributed by atoms with Crippen molar-refractivity contribution in [2.45, 2.75) is 12.3 Å². The van der Waals surface area contributed by atoms with Gasteiger partial charge in [0.2, 0.25) is 18.0 Å². The molecule has 2 aromatic carbocycles. The van der Waals surface area contributed by atoms with Gasteiger partial charge in [-0.05, 0) is 48.5 Å². The Labute approximate surface area is 147 Å². The minimum Gasteiger partial charge on any atom is -0.488 e. The van der Waals surface area contributed by atoms with Crippen LogP contribution >= 0.6 is 0 Å². The van der Waals surface area contributed by atoms with Gasteiger partial charge in [0.1, 0.15) is 29.7 Å². The van der Waals surface area contributed by atoms with Crippen LogP contribution in [0.2, 0.25) is 0 Å². The highest BCUT2D eigenvalue weighted by atomic mass is 19.1. The molecular weight excluding hydrogens is 348 g/mol. The zero-order valence-electron chi connectivity index (χ0n) is 13.5. The lowest BCUT2D eigenvalue weighted by atomic mass is 10.3. The summed E-state index contributed by atoms with van der Waals surface area (Å²) < 4.78 is 36.8. The first-order valence-corrected chi connectivity index (χ1v) is 7.51. The van der Waals surface area contributed by atoms with Crippen LogP contribution < -0.4 is 26.3 Å². The van der Waals surface area contributed by atoms with Crippen molar-refractivity contribution in [1.82, 2.24) is 5.32 Å². The summed E-state index contributed by atoms with van der Waals surface area (Å²) in [5, 5.41) is 2.36. The maximum atomic E-state index is 13.0. The SMILES string of the molecule is NC(=O)C(N)C(=O)NC(COc1ccc(F)cc1)Oc1ccc(F)cc1. The Kier molecular flexibility index (Phi) is 6.45. The van der Waals surface area contributed by atoms with E-state index in [-0.39, 0.29) is 12.4 Å². The number of amides is 2. The van der Waals surface area contributed by atoms with Crippen molar-refractivity contribution >= 4 is 11.8 Å². The third-order valence-corrected chi connectivity index (χ3v) is 3.20. The maximum Gasteiger partial charge on any atom is 0.249 e. The highest BCUT2D eigenvalue weighted by Gasteiger charge is 2.23. The Balaban J connectivity index is 2.06. The molecule has 0 spiro atoms. The van der Waals surface area contributed by atoms with E-state index in [1.807, 2.05) is 0 Å². The first-order chi connectivity index (χ1) is 12.3. The summed E-state index contributed by atoms with van der Waals surface area (Å²) in [6, 6.07) is 8.65. The van der Waals surface area contributed by atoms with Crippen molar-refractivity contribution in [2.24, 2.45) is 11.5 Å². The predicted molar refractivity (Wildman–Crippen MR) is 88.0 cm³/mol. The van der Waals surface area contributed by atoms with Crippen molar-refractivity contribution in [3.8, 4) is 11.5 Å². The van der Waals surface area contributed by atoms with Crippen LogP contribution in [-0.2, 0) is 9.59 Å². The minimum atomic E-state index is -1.57. The van der Waals surface area contributed by atoms with Gasteiger partial charge in [-0.3, -0.25) is 9.59 Å². The normalized spacial score (nSPS) is 12.7. The van der Waals surface area contributed by atoms with E-state index in [0.717, 1.165) is 0 Å². The van der Waals surface area contributed by atoms with Gasteiger partial charge >= 0.3 is 0 Å². The van der Waals surface area contributed by atoms with Crippen molar-refractivity contribution < 1.29 is 27.8 Å². The van der Waals surface area contributed by atoms with E-state index in [9.17, 15) is 18.4 Å². The number of nitrogens with two attached hydrogens (primary N) is 2. The van der Waals surface area contributed by atoms with Gasteiger partial charge in [-0.25, -0.2) is 8.78 Å². The molecule has 0 saturated carbocycles. The number of primary amides is 1. The number of hydrogen-bond donors (Lipinski definition) is 3. The highest BCUT2D eigenvalue weighted by molar-refractivity contribution is 6.03. The molecule has 138 valence electrons. The molecule has 2 rings (SSSR count). The number of benzene rings is 2. The van der Waals surface area contributed by atoms with Crippen LogP contribution in [0.25, 0.3) is 0 Å². The average molecular weight is 365 g/mol. The van der Waals surface area contributed by atoms with Gasteiger partial charge in [0.05, 0.1) is 0 Å². The van der Waals surface area contributed by atoms with Crippen LogP contribution in [0, 0.1) is 11.6 Å². The molecule has 0 aliphatic carbocycles. The summed E-state index contributed by atoms with van der Waals surface area (Å²) >= 11 is 0. The molecule has 0 aliphatic rings. The van der Waals surface area contributed by atoms with Crippen molar-refractivity contribution in [1.29, 1.82) is 0 Å². The number of carbonyl (C=O) groups excluding carboxylic acids is 2. The minimum absolute atomic E-state index is 0.194. The Morgan fingerprint density at radius 2 is 1.46 bits per heavy atom. The van der Waals surface area contributed by atoms with E-state index < -0.39 is 35.7 Å². The van der Waals surface area contributed by atoms with Gasteiger partial charge in [-0.2, -0.15) is 0 Å². The molecule has 0 bridgehead atoms. The van der Waals surface area contributed by atoms with E-state index >= 15 is 0 Å². The predicted octanol–water partition coefficient (Wildman–Crippen LogP) is 0.677. The summed E-state index contributed by atoms with van der Waals surface area (Å²) in [5.74, 6) is -2.21. The van der Waals surface area contributed by atoms with Crippen LogP contribution in [0.4, 0.5) is 8.78 Å². The smallest absolute Gasteiger partial charge is 0.249 e. The molecule has 0 radical (unpaired) electrons. The quantitative estimate of drug-likeness (QED) is 0.470. The third kappa shape index (κ3) is 5.71. The average Bonchev–Trinajstić information content (AvgIpc) is 2.62. The first-order valence-electron chi connectivity index (χ1n) is 7.51. The third-order valence-electron chi connectivity index (χ3n) is 3.20. The number of nitrogens with one attached hydrogen (secondary N) is 1. The monoisotopic (exact) mass is 365 g/mol. The molecule has 0 aromatic heterocycles. The summed E-state index contributed by atoms with van der Waals surface area (Å²) in [6.07, 6.45) is -1.07. The van der Waals surface area contributed by atoms with Crippen molar-refractivity contribution in [2.75, 3.05) is 6.61 Å². The molecule has 0 saturated heterocycles. The molecule has 9 heteroatoms. The van der Waals surface area contributed by atoms with E-state index in [1.165, 1.54) is 48.5 Å². The second-order valence-corrected chi connectivity index (χ2v) is 5.21. The summed E-state index contributed by atoms with van der Waals surface area (Å²) in [6.45, 7) is -0.194. The van der Waals surface area contributed by atoms with Crippen LogP contribution in [0.1, 0.15) is 0 Å². The molecule has 2 amide bonds. The van der Waals surface area contributed by atoms with Gasteiger partial charge in [0.15, 0.2) is 6.04 Å². The number of hydrogen-bond acceptors (Lipinski definition) is 5. The molecule has 5 N–H and O–H groups in total. The highest BCUT2D eigenvalue weighted by Crippen LogP contribution is 2.15. The summed E-state index contributed by atoms with van der Waals surface area (Å²) in [4.78, 5) is 22.9. The van der Waals surface area contributed by atoms with E-state index in [4.69, 9.17) is 20.9 Å². The number of ether oxygens (including phenoxy) is 2. The largest absolute Gasteiger partial charge is 0.488 e. The van der Waals surface area contributed by atoms with Crippen LogP contribution in [0.15, 0.2) is 48.5 Å². The van der Waals surface area contributed by atoms with Gasteiger partial charge in [0, 0.05) is 0 Å². The lowest BCUT2D eigenvalue weighted by Gasteiger charge is -2.22. The number of halogens is 2. The van der Waals surface area contributed by atoms with Gasteiger partial charge in [0.25, 0.3) is 0 Å². The fraction of sp³-hybridized carbons (Fsp3) is 0.176. The Morgan fingerprint density at radius 1 is 0.962 bits per heavy atom. The molecule has 7 nitrogen and oxygen atoms in total. The second-order valence-electron chi connectivity index (χ2n) is 5.21. The molecule has 0 fully saturated rings. The van der Waals surface area contributed by atoms with E-state index in [0.29, 0.717) is 5.75 Å². The molecule has 2 unspecified atom stereocenters.